The molecule has 0 fully saturated rings. The second-order valence-electron chi connectivity index (χ2n) is 5.72. The molecule has 1 N–H and O–H groups in total. The molecule has 1 aromatic heterocycles. The number of aromatic nitrogens is 2. The van der Waals surface area contributed by atoms with Gasteiger partial charge in [-0.05, 0) is 57.4 Å². The minimum Gasteiger partial charge on any atom is -0.313 e. The van der Waals surface area contributed by atoms with E-state index in [1.807, 2.05) is 0 Å². The van der Waals surface area contributed by atoms with Crippen molar-refractivity contribution in [2.75, 3.05) is 6.54 Å². The van der Waals surface area contributed by atoms with Crippen LogP contribution in [-0.4, -0.2) is 16.3 Å². The van der Waals surface area contributed by atoms with Crippen molar-refractivity contribution in [3.63, 3.8) is 0 Å². The molecular weight excluding hydrogens is 258 g/mol. The first kappa shape index (κ1) is 15.8. The summed E-state index contributed by atoms with van der Waals surface area (Å²) in [6, 6.07) is 6.62. The molecule has 0 aliphatic heterocycles. The van der Waals surface area contributed by atoms with Crippen LogP contribution in [0.1, 0.15) is 48.3 Å². The molecule has 3 nitrogen and oxygen atoms in total. The van der Waals surface area contributed by atoms with Gasteiger partial charge in [0.1, 0.15) is 0 Å². The first-order valence-corrected chi connectivity index (χ1v) is 7.94. The van der Waals surface area contributed by atoms with E-state index in [9.17, 15) is 0 Å². The molecule has 0 radical (unpaired) electrons. The van der Waals surface area contributed by atoms with Gasteiger partial charge in [-0.1, -0.05) is 31.5 Å². The Hall–Kier alpha value is -1.61. The Morgan fingerprint density at radius 2 is 1.90 bits per heavy atom. The van der Waals surface area contributed by atoms with E-state index in [0.29, 0.717) is 0 Å². The summed E-state index contributed by atoms with van der Waals surface area (Å²) in [6.07, 6.45) is 2.19. The van der Waals surface area contributed by atoms with Crippen LogP contribution in [0.15, 0.2) is 18.2 Å². The molecule has 0 unspecified atom stereocenters. The van der Waals surface area contributed by atoms with Crippen molar-refractivity contribution >= 4 is 0 Å². The molecule has 114 valence electrons. The van der Waals surface area contributed by atoms with Crippen molar-refractivity contribution < 1.29 is 0 Å². The van der Waals surface area contributed by atoms with E-state index in [4.69, 9.17) is 5.10 Å². The zero-order chi connectivity index (χ0) is 15.4. The van der Waals surface area contributed by atoms with Gasteiger partial charge in [0.2, 0.25) is 0 Å². The Balaban J connectivity index is 2.43. The van der Waals surface area contributed by atoms with Crippen LogP contribution in [0.3, 0.4) is 0 Å². The second kappa shape index (κ2) is 6.90. The number of nitrogens with zero attached hydrogens (tertiary/aromatic N) is 2. The Bertz CT molecular complexity index is 611. The SMILES string of the molecule is CCCNCc1cc(C)ccc1-n1nc(C)c(CC)c1C. The van der Waals surface area contributed by atoms with Crippen LogP contribution >= 0.6 is 0 Å². The lowest BCUT2D eigenvalue weighted by molar-refractivity contribution is 0.668. The maximum absolute atomic E-state index is 4.76. The highest BCUT2D eigenvalue weighted by Crippen LogP contribution is 2.22. The quantitative estimate of drug-likeness (QED) is 0.817. The Kier molecular flexibility index (Phi) is 5.18. The van der Waals surface area contributed by atoms with Crippen molar-refractivity contribution in [1.29, 1.82) is 0 Å². The molecule has 0 aliphatic rings. The molecule has 0 spiro atoms. The van der Waals surface area contributed by atoms with Gasteiger partial charge < -0.3 is 5.32 Å². The molecule has 0 aliphatic carbocycles. The number of hydrogen-bond acceptors (Lipinski definition) is 2. The molecule has 2 rings (SSSR count). The smallest absolute Gasteiger partial charge is 0.0694 e. The molecular formula is C18H27N3. The van der Waals surface area contributed by atoms with Gasteiger partial charge in [0.05, 0.1) is 11.4 Å². The normalized spacial score (nSPS) is 11.1. The minimum absolute atomic E-state index is 0.894. The van der Waals surface area contributed by atoms with Crippen molar-refractivity contribution in [3.05, 3.63) is 46.3 Å². The van der Waals surface area contributed by atoms with E-state index in [1.165, 1.54) is 28.1 Å². The lowest BCUT2D eigenvalue weighted by Crippen LogP contribution is -2.16. The third-order valence-corrected chi connectivity index (χ3v) is 4.00. The zero-order valence-electron chi connectivity index (χ0n) is 14.0. The lowest BCUT2D eigenvalue weighted by Gasteiger charge is -2.13. The minimum atomic E-state index is 0.894. The Morgan fingerprint density at radius 1 is 1.14 bits per heavy atom. The first-order valence-electron chi connectivity index (χ1n) is 7.94. The fraction of sp³-hybridized carbons (Fsp3) is 0.500. The lowest BCUT2D eigenvalue weighted by atomic mass is 10.1. The van der Waals surface area contributed by atoms with Gasteiger partial charge in [0.25, 0.3) is 0 Å². The van der Waals surface area contributed by atoms with Gasteiger partial charge in [0.15, 0.2) is 0 Å². The van der Waals surface area contributed by atoms with Gasteiger partial charge in [-0.3, -0.25) is 0 Å². The van der Waals surface area contributed by atoms with Crippen LogP contribution in [0.5, 0.6) is 0 Å². The summed E-state index contributed by atoms with van der Waals surface area (Å²) in [5.41, 5.74) is 7.58. The van der Waals surface area contributed by atoms with Crippen LogP contribution in [0.4, 0.5) is 0 Å². The van der Waals surface area contributed by atoms with E-state index in [2.05, 4.69) is 62.8 Å². The average Bonchev–Trinajstić information content (AvgIpc) is 2.74. The highest BCUT2D eigenvalue weighted by atomic mass is 15.3. The van der Waals surface area contributed by atoms with Crippen LogP contribution in [-0.2, 0) is 13.0 Å². The van der Waals surface area contributed by atoms with Crippen LogP contribution < -0.4 is 5.32 Å². The number of benzene rings is 1. The largest absolute Gasteiger partial charge is 0.313 e. The van der Waals surface area contributed by atoms with Crippen molar-refractivity contribution in [1.82, 2.24) is 15.1 Å². The molecule has 0 atom stereocenters. The predicted octanol–water partition coefficient (Wildman–Crippen LogP) is 3.86. The Morgan fingerprint density at radius 3 is 2.52 bits per heavy atom. The molecule has 0 amide bonds. The molecule has 0 saturated carbocycles. The van der Waals surface area contributed by atoms with Gasteiger partial charge in [-0.25, -0.2) is 4.68 Å². The summed E-state index contributed by atoms with van der Waals surface area (Å²) < 4.78 is 2.11. The second-order valence-corrected chi connectivity index (χ2v) is 5.72. The maximum Gasteiger partial charge on any atom is 0.0694 e. The van der Waals surface area contributed by atoms with E-state index in [-0.39, 0.29) is 0 Å². The maximum atomic E-state index is 4.76. The number of aryl methyl sites for hydroxylation is 2. The van der Waals surface area contributed by atoms with Crippen LogP contribution in [0.2, 0.25) is 0 Å². The van der Waals surface area contributed by atoms with Gasteiger partial charge >= 0.3 is 0 Å². The number of rotatable bonds is 6. The number of nitrogens with one attached hydrogen (secondary N) is 1. The third-order valence-electron chi connectivity index (χ3n) is 4.00. The molecule has 21 heavy (non-hydrogen) atoms. The predicted molar refractivity (Wildman–Crippen MR) is 89.2 cm³/mol. The van der Waals surface area contributed by atoms with Gasteiger partial charge in [0, 0.05) is 12.2 Å². The average molecular weight is 285 g/mol. The van der Waals surface area contributed by atoms with E-state index in [1.54, 1.807) is 0 Å². The summed E-state index contributed by atoms with van der Waals surface area (Å²) in [7, 11) is 0. The van der Waals surface area contributed by atoms with E-state index < -0.39 is 0 Å². The summed E-state index contributed by atoms with van der Waals surface area (Å²) >= 11 is 0. The summed E-state index contributed by atoms with van der Waals surface area (Å²) in [4.78, 5) is 0. The molecule has 1 heterocycles. The molecule has 3 heteroatoms. The fourth-order valence-electron chi connectivity index (χ4n) is 2.88. The van der Waals surface area contributed by atoms with Gasteiger partial charge in [-0.2, -0.15) is 5.10 Å². The van der Waals surface area contributed by atoms with E-state index >= 15 is 0 Å². The topological polar surface area (TPSA) is 29.9 Å². The van der Waals surface area contributed by atoms with Crippen LogP contribution in [0, 0.1) is 20.8 Å². The fourth-order valence-corrected chi connectivity index (χ4v) is 2.88. The monoisotopic (exact) mass is 285 g/mol. The van der Waals surface area contributed by atoms with Crippen molar-refractivity contribution in [3.8, 4) is 5.69 Å². The molecule has 0 saturated heterocycles. The number of hydrogen-bond donors (Lipinski definition) is 1. The van der Waals surface area contributed by atoms with Crippen molar-refractivity contribution in [2.45, 2.75) is 54.0 Å². The zero-order valence-corrected chi connectivity index (χ0v) is 14.0. The van der Waals surface area contributed by atoms with Crippen LogP contribution in [0.25, 0.3) is 5.69 Å². The van der Waals surface area contributed by atoms with Gasteiger partial charge in [-0.15, -0.1) is 0 Å². The Labute approximate surface area is 128 Å². The highest BCUT2D eigenvalue weighted by Gasteiger charge is 2.13. The molecule has 1 aromatic carbocycles. The standard InChI is InChI=1S/C18H27N3/c1-6-10-19-12-16-11-13(3)8-9-18(16)21-15(5)17(7-2)14(4)20-21/h8-9,11,19H,6-7,10,12H2,1-5H3. The summed E-state index contributed by atoms with van der Waals surface area (Å²) in [5.74, 6) is 0. The molecule has 2 aromatic rings. The highest BCUT2D eigenvalue weighted by molar-refractivity contribution is 5.45. The summed E-state index contributed by atoms with van der Waals surface area (Å²) in [5, 5.41) is 8.26. The summed E-state index contributed by atoms with van der Waals surface area (Å²) in [6.45, 7) is 12.7. The molecule has 0 bridgehead atoms. The first-order chi connectivity index (χ1) is 10.1. The van der Waals surface area contributed by atoms with E-state index in [0.717, 1.165) is 31.6 Å². The third kappa shape index (κ3) is 3.35. The van der Waals surface area contributed by atoms with Crippen molar-refractivity contribution in [2.24, 2.45) is 0 Å².